The molecule has 0 aromatic heterocycles. The Balaban J connectivity index is 2.30. The van der Waals surface area contributed by atoms with Crippen molar-refractivity contribution in [2.45, 2.75) is 39.7 Å². The van der Waals surface area contributed by atoms with E-state index in [0.717, 1.165) is 35.0 Å². The zero-order valence-electron chi connectivity index (χ0n) is 14.0. The monoisotopic (exact) mass is 332 g/mol. The molecule has 2 rings (SSSR count). The van der Waals surface area contributed by atoms with Gasteiger partial charge in [-0.1, -0.05) is 55.4 Å². The van der Waals surface area contributed by atoms with Crippen LogP contribution >= 0.6 is 11.8 Å². The lowest BCUT2D eigenvalue weighted by Crippen LogP contribution is -2.30. The third kappa shape index (κ3) is 4.61. The number of thioether (sulfide) groups is 1. The molecule has 5 heteroatoms. The number of carbonyl (C=O) groups excluding carboxylic acids is 1. The van der Waals surface area contributed by atoms with Crippen LogP contribution in [0.15, 0.2) is 46.6 Å². The van der Waals surface area contributed by atoms with Crippen molar-refractivity contribution in [3.05, 3.63) is 47.2 Å². The van der Waals surface area contributed by atoms with E-state index < -0.39 is 0 Å². The van der Waals surface area contributed by atoms with Gasteiger partial charge in [0.2, 0.25) is 0 Å². The van der Waals surface area contributed by atoms with Crippen LogP contribution < -0.4 is 5.32 Å². The Kier molecular flexibility index (Phi) is 6.71. The van der Waals surface area contributed by atoms with Gasteiger partial charge in [0.15, 0.2) is 5.17 Å². The van der Waals surface area contributed by atoms with E-state index in [4.69, 9.17) is 9.73 Å². The minimum Gasteiger partial charge on any atom is -0.463 e. The van der Waals surface area contributed by atoms with E-state index in [2.05, 4.69) is 12.2 Å². The molecule has 1 atom stereocenters. The van der Waals surface area contributed by atoms with Crippen LogP contribution in [-0.4, -0.2) is 23.5 Å². The number of nitrogens with one attached hydrogen (secondary N) is 1. The number of hydrogen-bond donors (Lipinski definition) is 1. The molecule has 1 aliphatic rings. The summed E-state index contributed by atoms with van der Waals surface area (Å²) in [5.74, 6) is 0.721. The molecule has 0 amide bonds. The largest absolute Gasteiger partial charge is 0.463 e. The van der Waals surface area contributed by atoms with E-state index in [-0.39, 0.29) is 12.0 Å². The SMILES string of the molecule is CCCCSC1=NC(c2ccccc2)C(C(=O)OCC)=C(C)N1. The topological polar surface area (TPSA) is 50.7 Å². The number of aliphatic imine (C=N–C) groups is 1. The van der Waals surface area contributed by atoms with Crippen LogP contribution in [0.4, 0.5) is 0 Å². The summed E-state index contributed by atoms with van der Waals surface area (Å²) in [5.41, 5.74) is 2.43. The Hall–Kier alpha value is -1.75. The van der Waals surface area contributed by atoms with Gasteiger partial charge < -0.3 is 10.1 Å². The molecule has 0 aliphatic carbocycles. The summed E-state index contributed by atoms with van der Waals surface area (Å²) in [6.45, 7) is 6.26. The Morgan fingerprint density at radius 2 is 2.04 bits per heavy atom. The molecular weight excluding hydrogens is 308 g/mol. The third-order valence-electron chi connectivity index (χ3n) is 3.57. The van der Waals surface area contributed by atoms with Gasteiger partial charge in [0.1, 0.15) is 6.04 Å². The number of carbonyl (C=O) groups is 1. The molecule has 0 radical (unpaired) electrons. The molecule has 0 bridgehead atoms. The fraction of sp³-hybridized carbons (Fsp3) is 0.444. The molecule has 0 saturated carbocycles. The molecule has 23 heavy (non-hydrogen) atoms. The van der Waals surface area contributed by atoms with Crippen molar-refractivity contribution in [3.8, 4) is 0 Å². The molecule has 1 heterocycles. The number of benzene rings is 1. The van der Waals surface area contributed by atoms with E-state index in [1.807, 2.05) is 44.2 Å². The Morgan fingerprint density at radius 3 is 2.70 bits per heavy atom. The average Bonchev–Trinajstić information content (AvgIpc) is 2.55. The van der Waals surface area contributed by atoms with Crippen LogP contribution in [-0.2, 0) is 9.53 Å². The summed E-state index contributed by atoms with van der Waals surface area (Å²) in [6, 6.07) is 9.59. The lowest BCUT2D eigenvalue weighted by molar-refractivity contribution is -0.138. The molecule has 4 nitrogen and oxygen atoms in total. The van der Waals surface area contributed by atoms with Gasteiger partial charge in [0.25, 0.3) is 0 Å². The van der Waals surface area contributed by atoms with Gasteiger partial charge in [-0.15, -0.1) is 0 Å². The Bertz CT molecular complexity index is 596. The van der Waals surface area contributed by atoms with Crippen LogP contribution in [0.3, 0.4) is 0 Å². The number of amidine groups is 1. The van der Waals surface area contributed by atoms with Crippen molar-refractivity contribution < 1.29 is 9.53 Å². The molecule has 0 fully saturated rings. The summed E-state index contributed by atoms with van der Waals surface area (Å²) in [5, 5.41) is 4.13. The first kappa shape index (κ1) is 17.6. The number of esters is 1. The first-order valence-corrected chi connectivity index (χ1v) is 9.06. The summed E-state index contributed by atoms with van der Waals surface area (Å²) >= 11 is 1.70. The van der Waals surface area contributed by atoms with Gasteiger partial charge in [0, 0.05) is 11.4 Å². The zero-order valence-corrected chi connectivity index (χ0v) is 14.8. The molecule has 0 spiro atoms. The molecular formula is C18H24N2O2S. The Labute approximate surface area is 142 Å². The highest BCUT2D eigenvalue weighted by Crippen LogP contribution is 2.32. The quantitative estimate of drug-likeness (QED) is 0.630. The fourth-order valence-electron chi connectivity index (χ4n) is 2.38. The number of unbranched alkanes of at least 4 members (excludes halogenated alkanes) is 1. The lowest BCUT2D eigenvalue weighted by atomic mass is 9.97. The number of ether oxygens (including phenoxy) is 1. The summed E-state index contributed by atoms with van der Waals surface area (Å²) in [7, 11) is 0. The molecule has 0 saturated heterocycles. The maximum atomic E-state index is 12.4. The van der Waals surface area contributed by atoms with Crippen molar-refractivity contribution in [1.82, 2.24) is 5.32 Å². The van der Waals surface area contributed by atoms with E-state index in [9.17, 15) is 4.79 Å². The molecule has 1 N–H and O–H groups in total. The predicted octanol–water partition coefficient (Wildman–Crippen LogP) is 4.06. The first-order valence-electron chi connectivity index (χ1n) is 8.07. The van der Waals surface area contributed by atoms with Crippen molar-refractivity contribution in [2.75, 3.05) is 12.4 Å². The second-order valence-electron chi connectivity index (χ2n) is 5.33. The van der Waals surface area contributed by atoms with Gasteiger partial charge in [-0.2, -0.15) is 0 Å². The molecule has 1 aliphatic heterocycles. The number of allylic oxidation sites excluding steroid dienone is 1. The summed E-state index contributed by atoms with van der Waals surface area (Å²) in [6.07, 6.45) is 2.31. The van der Waals surface area contributed by atoms with E-state index in [0.29, 0.717) is 12.2 Å². The van der Waals surface area contributed by atoms with Gasteiger partial charge >= 0.3 is 5.97 Å². The maximum absolute atomic E-state index is 12.4. The van der Waals surface area contributed by atoms with Crippen LogP contribution in [0, 0.1) is 0 Å². The second-order valence-corrected chi connectivity index (χ2v) is 6.42. The van der Waals surface area contributed by atoms with Crippen LogP contribution in [0.1, 0.15) is 45.2 Å². The van der Waals surface area contributed by atoms with Crippen molar-refractivity contribution >= 4 is 22.9 Å². The van der Waals surface area contributed by atoms with E-state index in [1.54, 1.807) is 11.8 Å². The average molecular weight is 332 g/mol. The fourth-order valence-corrected chi connectivity index (χ4v) is 3.42. The highest BCUT2D eigenvalue weighted by atomic mass is 32.2. The molecule has 1 unspecified atom stereocenters. The van der Waals surface area contributed by atoms with Crippen molar-refractivity contribution in [2.24, 2.45) is 4.99 Å². The van der Waals surface area contributed by atoms with Crippen LogP contribution in [0.25, 0.3) is 0 Å². The highest BCUT2D eigenvalue weighted by Gasteiger charge is 2.30. The van der Waals surface area contributed by atoms with Crippen LogP contribution in [0.5, 0.6) is 0 Å². The molecule has 1 aromatic carbocycles. The van der Waals surface area contributed by atoms with Gasteiger partial charge in [-0.3, -0.25) is 0 Å². The van der Waals surface area contributed by atoms with Crippen LogP contribution in [0.2, 0.25) is 0 Å². The first-order chi connectivity index (χ1) is 11.2. The van der Waals surface area contributed by atoms with Gasteiger partial charge in [0.05, 0.1) is 12.2 Å². The smallest absolute Gasteiger partial charge is 0.338 e. The standard InChI is InChI=1S/C18H24N2O2S/c1-4-6-12-23-18-19-13(3)15(17(21)22-5-2)16(20-18)14-10-8-7-9-11-14/h7-11,16H,4-6,12H2,1-3H3,(H,19,20). The molecule has 124 valence electrons. The minimum atomic E-state index is -0.305. The lowest BCUT2D eigenvalue weighted by Gasteiger charge is -2.25. The molecule has 1 aromatic rings. The van der Waals surface area contributed by atoms with Gasteiger partial charge in [-0.25, -0.2) is 9.79 Å². The zero-order chi connectivity index (χ0) is 16.7. The Morgan fingerprint density at radius 1 is 1.30 bits per heavy atom. The normalized spacial score (nSPS) is 17.5. The third-order valence-corrected chi connectivity index (χ3v) is 4.54. The van der Waals surface area contributed by atoms with Gasteiger partial charge in [-0.05, 0) is 25.8 Å². The minimum absolute atomic E-state index is 0.298. The maximum Gasteiger partial charge on any atom is 0.338 e. The van der Waals surface area contributed by atoms with E-state index in [1.165, 1.54) is 0 Å². The number of rotatable bonds is 6. The second kappa shape index (κ2) is 8.77. The van der Waals surface area contributed by atoms with E-state index >= 15 is 0 Å². The predicted molar refractivity (Wildman–Crippen MR) is 96.5 cm³/mol. The number of hydrogen-bond acceptors (Lipinski definition) is 5. The summed E-state index contributed by atoms with van der Waals surface area (Å²) < 4.78 is 5.22. The van der Waals surface area contributed by atoms with Crippen molar-refractivity contribution in [3.63, 3.8) is 0 Å². The highest BCUT2D eigenvalue weighted by molar-refractivity contribution is 8.13. The van der Waals surface area contributed by atoms with Crippen molar-refractivity contribution in [1.29, 1.82) is 0 Å². The summed E-state index contributed by atoms with van der Waals surface area (Å²) in [4.78, 5) is 17.1. The number of nitrogens with zero attached hydrogens (tertiary/aromatic N) is 1.